The van der Waals surface area contributed by atoms with E-state index in [-0.39, 0.29) is 54.1 Å². The van der Waals surface area contributed by atoms with Crippen LogP contribution in [0.15, 0.2) is 29.8 Å². The van der Waals surface area contributed by atoms with Gasteiger partial charge in [0.1, 0.15) is 0 Å². The Labute approximate surface area is 127 Å². The number of hydrogen-bond acceptors (Lipinski definition) is 0. The van der Waals surface area contributed by atoms with Crippen molar-refractivity contribution < 1.29 is 0 Å². The van der Waals surface area contributed by atoms with Gasteiger partial charge in [0, 0.05) is 29.6 Å². The topological polar surface area (TPSA) is 0 Å². The van der Waals surface area contributed by atoms with Crippen LogP contribution in [-0.4, -0.2) is 37.2 Å². The molecule has 2 rings (SSSR count). The zero-order valence-corrected chi connectivity index (χ0v) is 12.7. The van der Waals surface area contributed by atoms with E-state index in [1.54, 1.807) is 0 Å². The molecular formula is C15H27PSn. The Hall–Kier alpha value is 0.189. The van der Waals surface area contributed by atoms with Crippen LogP contribution in [0.25, 0.3) is 6.08 Å². The molecule has 0 fully saturated rings. The Morgan fingerprint density at radius 3 is 2.06 bits per heavy atom. The van der Waals surface area contributed by atoms with Crippen molar-refractivity contribution in [2.24, 2.45) is 0 Å². The van der Waals surface area contributed by atoms with Gasteiger partial charge in [-0.3, -0.25) is 0 Å². The molecule has 1 aliphatic carbocycles. The van der Waals surface area contributed by atoms with Gasteiger partial charge in [-0.05, 0) is 31.4 Å². The molecule has 0 saturated carbocycles. The van der Waals surface area contributed by atoms with Gasteiger partial charge in [0.15, 0.2) is 0 Å². The van der Waals surface area contributed by atoms with Gasteiger partial charge in [-0.25, -0.2) is 0 Å². The first kappa shape index (κ1) is 22.4. The van der Waals surface area contributed by atoms with Crippen LogP contribution in [-0.2, 0) is 0 Å². The van der Waals surface area contributed by atoms with Crippen molar-refractivity contribution in [3.8, 4) is 0 Å². The van der Waals surface area contributed by atoms with Gasteiger partial charge in [-0.2, -0.15) is 0 Å². The molecule has 0 nitrogen and oxygen atoms in total. The van der Waals surface area contributed by atoms with E-state index < -0.39 is 0 Å². The molecule has 0 heterocycles. The normalized spacial score (nSPS) is 15.5. The Morgan fingerprint density at radius 1 is 1.00 bits per heavy atom. The maximum absolute atomic E-state index is 2.36. The summed E-state index contributed by atoms with van der Waals surface area (Å²) in [6.45, 7) is 6.98. The predicted octanol–water partition coefficient (Wildman–Crippen LogP) is 5.41. The molecule has 17 heavy (non-hydrogen) atoms. The Bertz CT molecular complexity index is 356. The molecule has 96 valence electrons. The Kier molecular flexibility index (Phi) is 12.1. The molecule has 1 aromatic carbocycles. The second-order valence-corrected chi connectivity index (χ2v) is 6.33. The number of benzene rings is 1. The van der Waals surface area contributed by atoms with Gasteiger partial charge in [-0.1, -0.05) is 58.2 Å². The van der Waals surface area contributed by atoms with Crippen LogP contribution in [0.5, 0.6) is 0 Å². The van der Waals surface area contributed by atoms with Crippen molar-refractivity contribution in [3.05, 3.63) is 41.0 Å². The fraction of sp³-hybridized carbons (Fsp3) is 0.467. The molecule has 0 aliphatic heterocycles. The minimum atomic E-state index is 0. The molecule has 0 N–H and O–H groups in total. The van der Waals surface area contributed by atoms with E-state index in [0.717, 1.165) is 0 Å². The van der Waals surface area contributed by atoms with Gasteiger partial charge in [0.25, 0.3) is 0 Å². The van der Waals surface area contributed by atoms with Crippen LogP contribution < -0.4 is 0 Å². The monoisotopic (exact) mass is 358 g/mol. The standard InChI is InChI=1S/C12H15P.3CH4.Sn/c1-9-8-10-6-4-5-7-11(10)12(9)13(2)3;;;;/h4-8,12H,1-3H3;3*1H4;. The third kappa shape index (κ3) is 4.41. The average molecular weight is 357 g/mol. The van der Waals surface area contributed by atoms with Gasteiger partial charge >= 0.3 is 0 Å². The summed E-state index contributed by atoms with van der Waals surface area (Å²) in [5.41, 5.74) is 5.22. The summed E-state index contributed by atoms with van der Waals surface area (Å²) >= 11 is 0. The van der Waals surface area contributed by atoms with Gasteiger partial charge in [-0.15, -0.1) is 7.92 Å². The van der Waals surface area contributed by atoms with Crippen molar-refractivity contribution in [2.75, 3.05) is 13.3 Å². The van der Waals surface area contributed by atoms with E-state index >= 15 is 0 Å². The van der Waals surface area contributed by atoms with Crippen molar-refractivity contribution in [2.45, 2.75) is 34.9 Å². The van der Waals surface area contributed by atoms with Crippen molar-refractivity contribution in [1.29, 1.82) is 0 Å². The third-order valence-corrected chi connectivity index (χ3v) is 4.34. The zero-order chi connectivity index (χ0) is 9.42. The van der Waals surface area contributed by atoms with Crippen LogP contribution in [0, 0.1) is 0 Å². The second-order valence-electron chi connectivity index (χ2n) is 3.88. The van der Waals surface area contributed by atoms with Gasteiger partial charge in [0.05, 0.1) is 0 Å². The summed E-state index contributed by atoms with van der Waals surface area (Å²) in [4.78, 5) is 0. The quantitative estimate of drug-likeness (QED) is 0.466. The molecule has 1 unspecified atom stereocenters. The van der Waals surface area contributed by atoms with Crippen molar-refractivity contribution in [1.82, 2.24) is 0 Å². The molecule has 0 saturated heterocycles. The summed E-state index contributed by atoms with van der Waals surface area (Å²) in [7, 11) is 0.104. The van der Waals surface area contributed by atoms with Crippen LogP contribution in [0.2, 0.25) is 0 Å². The number of allylic oxidation sites excluding steroid dienone is 1. The predicted molar refractivity (Wildman–Crippen MR) is 87.5 cm³/mol. The molecule has 0 aromatic heterocycles. The minimum absolute atomic E-state index is 0. The summed E-state index contributed by atoms with van der Waals surface area (Å²) in [6, 6.07) is 8.77. The first-order valence-electron chi connectivity index (χ1n) is 4.63. The molecule has 0 spiro atoms. The van der Waals surface area contributed by atoms with E-state index in [0.29, 0.717) is 5.66 Å². The smallest absolute Gasteiger partial charge is 0.0251 e. The Morgan fingerprint density at radius 2 is 1.53 bits per heavy atom. The SMILES string of the molecule is C.C.C.CC1=Cc2ccccc2C1P(C)C.[Sn]. The Balaban J connectivity index is -0.000000490. The van der Waals surface area contributed by atoms with Gasteiger partial charge in [0.2, 0.25) is 0 Å². The van der Waals surface area contributed by atoms with E-state index in [1.807, 2.05) is 0 Å². The van der Waals surface area contributed by atoms with E-state index in [4.69, 9.17) is 0 Å². The number of fused-ring (bicyclic) bond motifs is 1. The average Bonchev–Trinajstić information content (AvgIpc) is 2.39. The fourth-order valence-corrected chi connectivity index (χ4v) is 3.83. The largest absolute Gasteiger partial charge is 0.101 e. The minimum Gasteiger partial charge on any atom is -0.101 e. The maximum Gasteiger partial charge on any atom is 0.0251 e. The third-order valence-electron chi connectivity index (χ3n) is 2.62. The van der Waals surface area contributed by atoms with Crippen LogP contribution in [0.3, 0.4) is 0 Å². The number of hydrogen-bond donors (Lipinski definition) is 0. The molecule has 1 aromatic rings. The first-order valence-corrected chi connectivity index (χ1v) is 6.94. The summed E-state index contributed by atoms with van der Waals surface area (Å²) in [5.74, 6) is 0. The van der Waals surface area contributed by atoms with Crippen LogP contribution >= 0.6 is 7.92 Å². The van der Waals surface area contributed by atoms with Crippen molar-refractivity contribution in [3.63, 3.8) is 0 Å². The summed E-state index contributed by atoms with van der Waals surface area (Å²) in [6.07, 6.45) is 2.34. The molecule has 0 bridgehead atoms. The van der Waals surface area contributed by atoms with Gasteiger partial charge < -0.3 is 0 Å². The van der Waals surface area contributed by atoms with Crippen molar-refractivity contribution >= 4 is 37.9 Å². The molecule has 2 heteroatoms. The second kappa shape index (κ2) is 9.16. The summed E-state index contributed by atoms with van der Waals surface area (Å²) in [5, 5.41) is 0. The molecular weight excluding hydrogens is 330 g/mol. The fourth-order valence-electron chi connectivity index (χ4n) is 2.15. The van der Waals surface area contributed by atoms with E-state index in [9.17, 15) is 0 Å². The molecule has 1 atom stereocenters. The maximum atomic E-state index is 2.36. The van der Waals surface area contributed by atoms with Crippen LogP contribution in [0.1, 0.15) is 46.0 Å². The zero-order valence-electron chi connectivity index (χ0n) is 8.91. The molecule has 0 amide bonds. The molecule has 1 aliphatic rings. The first-order chi connectivity index (χ1) is 6.20. The summed E-state index contributed by atoms with van der Waals surface area (Å²) < 4.78 is 0. The van der Waals surface area contributed by atoms with E-state index in [2.05, 4.69) is 50.6 Å². The number of rotatable bonds is 1. The molecule has 4 radical (unpaired) electrons. The van der Waals surface area contributed by atoms with Crippen LogP contribution in [0.4, 0.5) is 0 Å². The van der Waals surface area contributed by atoms with E-state index in [1.165, 1.54) is 16.7 Å².